The predicted molar refractivity (Wildman–Crippen MR) is 77.0 cm³/mol. The molecule has 19 heavy (non-hydrogen) atoms. The molecule has 0 saturated carbocycles. The van der Waals surface area contributed by atoms with Crippen molar-refractivity contribution >= 4 is 33.5 Å². The molecule has 0 atom stereocenters. The van der Waals surface area contributed by atoms with E-state index >= 15 is 0 Å². The summed E-state index contributed by atoms with van der Waals surface area (Å²) in [6.45, 7) is 0. The van der Waals surface area contributed by atoms with Gasteiger partial charge in [0, 0.05) is 17.3 Å². The van der Waals surface area contributed by atoms with Gasteiger partial charge in [0.15, 0.2) is 0 Å². The Kier molecular flexibility index (Phi) is 6.10. The highest BCUT2D eigenvalue weighted by atomic mass is 79.9. The van der Waals surface area contributed by atoms with E-state index < -0.39 is 5.97 Å². The molecule has 0 aromatic heterocycles. The number of carbonyl (C=O) groups is 2. The number of hydrogen-bond acceptors (Lipinski definition) is 2. The van der Waals surface area contributed by atoms with Crippen LogP contribution >= 0.6 is 15.9 Å². The highest BCUT2D eigenvalue weighted by Crippen LogP contribution is 2.22. The van der Waals surface area contributed by atoms with E-state index in [0.29, 0.717) is 29.4 Å². The number of amides is 1. The number of benzene rings is 1. The first-order valence-electron chi connectivity index (χ1n) is 5.80. The summed E-state index contributed by atoms with van der Waals surface area (Å²) in [5.41, 5.74) is 0.365. The van der Waals surface area contributed by atoms with Crippen molar-refractivity contribution in [3.63, 3.8) is 0 Å². The quantitative estimate of drug-likeness (QED) is 0.623. The zero-order valence-electron chi connectivity index (χ0n) is 10.3. The van der Waals surface area contributed by atoms with Crippen LogP contribution in [0.5, 0.6) is 0 Å². The molecule has 1 aromatic carbocycles. The summed E-state index contributed by atoms with van der Waals surface area (Å²) >= 11 is 3.24. The standard InChI is InChI=1S/C14H14BrNO3/c1-2-3-4-5-6-13(17)16-12-9-10(15)7-8-11(12)14(18)19/h1,7-9H,3-6H2,(H,16,17)(H,18,19). The summed E-state index contributed by atoms with van der Waals surface area (Å²) in [6.07, 6.45) is 7.56. The molecule has 0 heterocycles. The Labute approximate surface area is 120 Å². The topological polar surface area (TPSA) is 66.4 Å². The van der Waals surface area contributed by atoms with Crippen molar-refractivity contribution in [2.75, 3.05) is 5.32 Å². The molecule has 0 aliphatic rings. The normalized spacial score (nSPS) is 9.68. The maximum absolute atomic E-state index is 11.7. The van der Waals surface area contributed by atoms with Crippen LogP contribution in [0.1, 0.15) is 36.0 Å². The van der Waals surface area contributed by atoms with Gasteiger partial charge in [0.05, 0.1) is 11.3 Å². The smallest absolute Gasteiger partial charge is 0.337 e. The van der Waals surface area contributed by atoms with E-state index in [1.165, 1.54) is 6.07 Å². The highest BCUT2D eigenvalue weighted by Gasteiger charge is 2.12. The summed E-state index contributed by atoms with van der Waals surface area (Å²) in [6, 6.07) is 4.63. The minimum atomic E-state index is -1.07. The van der Waals surface area contributed by atoms with E-state index in [2.05, 4.69) is 27.2 Å². The first kappa shape index (κ1) is 15.3. The number of carboxylic acid groups (broad SMARTS) is 1. The Balaban J connectivity index is 2.65. The van der Waals surface area contributed by atoms with Crippen molar-refractivity contribution in [1.82, 2.24) is 0 Å². The van der Waals surface area contributed by atoms with Crippen molar-refractivity contribution in [2.45, 2.75) is 25.7 Å². The van der Waals surface area contributed by atoms with Crippen LogP contribution in [0.15, 0.2) is 22.7 Å². The fraction of sp³-hybridized carbons (Fsp3) is 0.286. The fourth-order valence-corrected chi connectivity index (χ4v) is 1.89. The molecule has 1 rings (SSSR count). The monoisotopic (exact) mass is 323 g/mol. The summed E-state index contributed by atoms with van der Waals surface area (Å²) in [5.74, 6) is 1.22. The Hall–Kier alpha value is -1.80. The van der Waals surface area contributed by atoms with Gasteiger partial charge in [0.25, 0.3) is 0 Å². The number of terminal acetylenes is 1. The number of nitrogens with one attached hydrogen (secondary N) is 1. The summed E-state index contributed by atoms with van der Waals surface area (Å²) in [5, 5.41) is 11.6. The van der Waals surface area contributed by atoms with Gasteiger partial charge in [0.2, 0.25) is 5.91 Å². The first-order chi connectivity index (χ1) is 9.04. The number of carboxylic acids is 1. The van der Waals surface area contributed by atoms with Crippen LogP contribution in [0, 0.1) is 12.3 Å². The van der Waals surface area contributed by atoms with Crippen LogP contribution in [-0.4, -0.2) is 17.0 Å². The van der Waals surface area contributed by atoms with Gasteiger partial charge in [-0.05, 0) is 31.0 Å². The zero-order valence-corrected chi connectivity index (χ0v) is 11.9. The molecule has 0 saturated heterocycles. The molecule has 1 amide bonds. The van der Waals surface area contributed by atoms with Gasteiger partial charge in [-0.25, -0.2) is 4.79 Å². The van der Waals surface area contributed by atoms with Crippen LogP contribution in [0.4, 0.5) is 5.69 Å². The van der Waals surface area contributed by atoms with Crippen molar-refractivity contribution in [2.24, 2.45) is 0 Å². The van der Waals surface area contributed by atoms with Crippen molar-refractivity contribution in [3.05, 3.63) is 28.2 Å². The van der Waals surface area contributed by atoms with E-state index in [-0.39, 0.29) is 11.5 Å². The van der Waals surface area contributed by atoms with Crippen LogP contribution in [0.3, 0.4) is 0 Å². The average Bonchev–Trinajstić information content (AvgIpc) is 2.34. The summed E-state index contributed by atoms with van der Waals surface area (Å²) in [7, 11) is 0. The van der Waals surface area contributed by atoms with E-state index in [0.717, 1.165) is 6.42 Å². The molecule has 0 aliphatic carbocycles. The molecule has 4 nitrogen and oxygen atoms in total. The third-order valence-electron chi connectivity index (χ3n) is 2.46. The van der Waals surface area contributed by atoms with Crippen LogP contribution < -0.4 is 5.32 Å². The lowest BCUT2D eigenvalue weighted by Gasteiger charge is -2.08. The van der Waals surface area contributed by atoms with Gasteiger partial charge in [-0.3, -0.25) is 4.79 Å². The lowest BCUT2D eigenvalue weighted by atomic mass is 10.1. The molecule has 1 aromatic rings. The lowest BCUT2D eigenvalue weighted by Crippen LogP contribution is -2.14. The fourth-order valence-electron chi connectivity index (χ4n) is 1.53. The third-order valence-corrected chi connectivity index (χ3v) is 2.95. The van der Waals surface area contributed by atoms with Crippen LogP contribution in [-0.2, 0) is 4.79 Å². The first-order valence-corrected chi connectivity index (χ1v) is 6.60. The van der Waals surface area contributed by atoms with Gasteiger partial charge in [0.1, 0.15) is 0 Å². The minimum absolute atomic E-state index is 0.0696. The second-order valence-corrected chi connectivity index (χ2v) is 4.87. The van der Waals surface area contributed by atoms with Crippen LogP contribution in [0.2, 0.25) is 0 Å². The number of hydrogen-bond donors (Lipinski definition) is 2. The van der Waals surface area contributed by atoms with Gasteiger partial charge in [-0.15, -0.1) is 12.3 Å². The maximum atomic E-state index is 11.7. The molecular formula is C14H14BrNO3. The summed E-state index contributed by atoms with van der Waals surface area (Å²) in [4.78, 5) is 22.7. The number of aromatic carboxylic acids is 1. The molecule has 0 aliphatic heterocycles. The van der Waals surface area contributed by atoms with Crippen LogP contribution in [0.25, 0.3) is 0 Å². The Morgan fingerprint density at radius 2 is 2.11 bits per heavy atom. The van der Waals surface area contributed by atoms with Crippen molar-refractivity contribution in [1.29, 1.82) is 0 Å². The van der Waals surface area contributed by atoms with Crippen molar-refractivity contribution < 1.29 is 14.7 Å². The molecule has 0 unspecified atom stereocenters. The van der Waals surface area contributed by atoms with Gasteiger partial charge in [-0.2, -0.15) is 0 Å². The van der Waals surface area contributed by atoms with Gasteiger partial charge >= 0.3 is 5.97 Å². The number of rotatable bonds is 6. The van der Waals surface area contributed by atoms with E-state index in [1.54, 1.807) is 12.1 Å². The predicted octanol–water partition coefficient (Wildman–Crippen LogP) is 3.28. The van der Waals surface area contributed by atoms with E-state index in [9.17, 15) is 9.59 Å². The second-order valence-electron chi connectivity index (χ2n) is 3.95. The highest BCUT2D eigenvalue weighted by molar-refractivity contribution is 9.10. The number of unbranched alkanes of at least 4 members (excludes halogenated alkanes) is 2. The third kappa shape index (κ3) is 5.14. The van der Waals surface area contributed by atoms with Gasteiger partial charge < -0.3 is 10.4 Å². The molecule has 100 valence electrons. The Bertz CT molecular complexity index is 520. The van der Waals surface area contributed by atoms with Gasteiger partial charge in [-0.1, -0.05) is 15.9 Å². The van der Waals surface area contributed by atoms with E-state index in [1.807, 2.05) is 0 Å². The largest absolute Gasteiger partial charge is 0.478 e. The average molecular weight is 324 g/mol. The minimum Gasteiger partial charge on any atom is -0.478 e. The Morgan fingerprint density at radius 3 is 2.74 bits per heavy atom. The molecule has 0 fully saturated rings. The molecule has 0 radical (unpaired) electrons. The van der Waals surface area contributed by atoms with Crippen molar-refractivity contribution in [3.8, 4) is 12.3 Å². The molecular weight excluding hydrogens is 310 g/mol. The number of halogens is 1. The Morgan fingerprint density at radius 1 is 1.37 bits per heavy atom. The number of anilines is 1. The maximum Gasteiger partial charge on any atom is 0.337 e. The SMILES string of the molecule is C#CCCCCC(=O)Nc1cc(Br)ccc1C(=O)O. The number of carbonyl (C=O) groups excluding carboxylic acids is 1. The lowest BCUT2D eigenvalue weighted by molar-refractivity contribution is -0.116. The second kappa shape index (κ2) is 7.59. The molecule has 0 bridgehead atoms. The molecule has 0 spiro atoms. The van der Waals surface area contributed by atoms with E-state index in [4.69, 9.17) is 11.5 Å². The molecule has 5 heteroatoms. The summed E-state index contributed by atoms with van der Waals surface area (Å²) < 4.78 is 0.708. The zero-order chi connectivity index (χ0) is 14.3. The molecule has 2 N–H and O–H groups in total.